The maximum atomic E-state index is 12.4. The van der Waals surface area contributed by atoms with Crippen molar-refractivity contribution in [3.05, 3.63) is 82.4 Å². The average Bonchev–Trinajstić information content (AvgIpc) is 2.87. The van der Waals surface area contributed by atoms with Crippen molar-refractivity contribution in [2.45, 2.75) is 6.92 Å². The minimum atomic E-state index is -0.961. The third-order valence-corrected chi connectivity index (χ3v) is 5.23. The lowest BCUT2D eigenvalue weighted by atomic mass is 10.2. The van der Waals surface area contributed by atoms with Gasteiger partial charge in [-0.2, -0.15) is 5.10 Å². The number of anilines is 1. The van der Waals surface area contributed by atoms with Gasteiger partial charge in [0.25, 0.3) is 0 Å². The Morgan fingerprint density at radius 1 is 0.914 bits per heavy atom. The molecule has 9 nitrogen and oxygen atoms in total. The van der Waals surface area contributed by atoms with Crippen LogP contribution in [0.5, 0.6) is 17.2 Å². The molecule has 0 fully saturated rings. The van der Waals surface area contributed by atoms with E-state index in [1.807, 2.05) is 0 Å². The Morgan fingerprint density at radius 3 is 2.34 bits per heavy atom. The first kappa shape index (κ1) is 25.3. The number of rotatable bonds is 7. The molecule has 35 heavy (non-hydrogen) atoms. The Balaban J connectivity index is 1.61. The Hall–Kier alpha value is -4.37. The van der Waals surface area contributed by atoms with Crippen LogP contribution in [-0.2, 0) is 9.59 Å². The maximum absolute atomic E-state index is 12.4. The van der Waals surface area contributed by atoms with Crippen LogP contribution in [0.2, 0.25) is 5.02 Å². The first-order valence-corrected chi connectivity index (χ1v) is 10.6. The van der Waals surface area contributed by atoms with Gasteiger partial charge in [0.1, 0.15) is 5.75 Å². The fraction of sp³-hybridized carbons (Fsp3) is 0.120. The number of carbonyl (C=O) groups is 3. The molecule has 3 aromatic rings. The monoisotopic (exact) mass is 495 g/mol. The molecule has 0 aliphatic carbocycles. The van der Waals surface area contributed by atoms with E-state index in [1.54, 1.807) is 61.5 Å². The Labute approximate surface area is 206 Å². The van der Waals surface area contributed by atoms with Crippen LogP contribution in [0.4, 0.5) is 5.69 Å². The van der Waals surface area contributed by atoms with Crippen molar-refractivity contribution in [3.63, 3.8) is 0 Å². The van der Waals surface area contributed by atoms with E-state index in [0.717, 1.165) is 0 Å². The van der Waals surface area contributed by atoms with Crippen molar-refractivity contribution in [1.82, 2.24) is 5.43 Å². The molecule has 0 unspecified atom stereocenters. The van der Waals surface area contributed by atoms with Gasteiger partial charge >= 0.3 is 17.8 Å². The molecule has 0 radical (unpaired) electrons. The number of amides is 2. The lowest BCUT2D eigenvalue weighted by Gasteiger charge is -2.10. The molecule has 0 spiro atoms. The second-order valence-corrected chi connectivity index (χ2v) is 7.50. The van der Waals surface area contributed by atoms with Gasteiger partial charge in [-0.15, -0.1) is 0 Å². The molecule has 10 heteroatoms. The topological polar surface area (TPSA) is 115 Å². The predicted molar refractivity (Wildman–Crippen MR) is 132 cm³/mol. The summed E-state index contributed by atoms with van der Waals surface area (Å²) in [4.78, 5) is 36.6. The van der Waals surface area contributed by atoms with E-state index in [-0.39, 0.29) is 11.5 Å². The number of hydrazone groups is 1. The van der Waals surface area contributed by atoms with E-state index in [4.69, 9.17) is 25.8 Å². The van der Waals surface area contributed by atoms with E-state index in [9.17, 15) is 14.4 Å². The van der Waals surface area contributed by atoms with Crippen molar-refractivity contribution in [1.29, 1.82) is 0 Å². The van der Waals surface area contributed by atoms with Crippen LogP contribution in [0, 0.1) is 6.92 Å². The van der Waals surface area contributed by atoms with Crippen LogP contribution < -0.4 is 25.0 Å². The first-order valence-electron chi connectivity index (χ1n) is 10.3. The second kappa shape index (κ2) is 11.7. The highest BCUT2D eigenvalue weighted by atomic mass is 35.5. The summed E-state index contributed by atoms with van der Waals surface area (Å²) in [5, 5.41) is 6.73. The highest BCUT2D eigenvalue weighted by Gasteiger charge is 2.15. The van der Waals surface area contributed by atoms with Gasteiger partial charge in [0.05, 0.1) is 26.0 Å². The lowest BCUT2D eigenvalue weighted by Crippen LogP contribution is -2.32. The standard InChI is InChI=1S/C25H22ClN3O6/c1-15-19(26)5-4-6-20(15)28-23(30)24(31)29-27-14-16-7-12-21(22(13-16)34-3)35-25(32)17-8-10-18(33-2)11-9-17/h4-14H,1-3H3,(H,28,30)(H,29,31)/b27-14-. The van der Waals surface area contributed by atoms with Crippen LogP contribution in [0.3, 0.4) is 0 Å². The molecular formula is C25H22ClN3O6. The van der Waals surface area contributed by atoms with Crippen molar-refractivity contribution in [3.8, 4) is 17.2 Å². The first-order chi connectivity index (χ1) is 16.8. The number of hydrogen-bond acceptors (Lipinski definition) is 7. The molecule has 2 N–H and O–H groups in total. The maximum Gasteiger partial charge on any atom is 0.343 e. The smallest absolute Gasteiger partial charge is 0.343 e. The number of hydrogen-bond donors (Lipinski definition) is 2. The third kappa shape index (κ3) is 6.58. The minimum absolute atomic E-state index is 0.200. The summed E-state index contributed by atoms with van der Waals surface area (Å²) in [5.74, 6) is -1.34. The zero-order valence-corrected chi connectivity index (χ0v) is 19.9. The molecule has 0 heterocycles. The van der Waals surface area contributed by atoms with E-state index in [2.05, 4.69) is 15.8 Å². The number of carbonyl (C=O) groups excluding carboxylic acids is 3. The fourth-order valence-corrected chi connectivity index (χ4v) is 3.05. The molecule has 3 aromatic carbocycles. The number of nitrogens with zero attached hydrogens (tertiary/aromatic N) is 1. The van der Waals surface area contributed by atoms with Gasteiger partial charge in [0.2, 0.25) is 0 Å². The highest BCUT2D eigenvalue weighted by molar-refractivity contribution is 6.40. The summed E-state index contributed by atoms with van der Waals surface area (Å²) < 4.78 is 15.8. The van der Waals surface area contributed by atoms with E-state index in [0.29, 0.717) is 33.1 Å². The number of nitrogens with one attached hydrogen (secondary N) is 2. The summed E-state index contributed by atoms with van der Waals surface area (Å²) in [6.07, 6.45) is 1.31. The van der Waals surface area contributed by atoms with Gasteiger partial charge in [-0.25, -0.2) is 10.2 Å². The second-order valence-electron chi connectivity index (χ2n) is 7.09. The fourth-order valence-electron chi connectivity index (χ4n) is 2.87. The Bertz CT molecular complexity index is 1270. The number of ether oxygens (including phenoxy) is 3. The molecule has 180 valence electrons. The number of benzene rings is 3. The quantitative estimate of drug-likeness (QED) is 0.168. The normalized spacial score (nSPS) is 10.5. The summed E-state index contributed by atoms with van der Waals surface area (Å²) in [6, 6.07) is 16.1. The molecule has 0 bridgehead atoms. The van der Waals surface area contributed by atoms with E-state index in [1.165, 1.54) is 26.5 Å². The van der Waals surface area contributed by atoms with Crippen LogP contribution >= 0.6 is 11.6 Å². The minimum Gasteiger partial charge on any atom is -0.497 e. The molecule has 0 atom stereocenters. The molecule has 0 saturated heterocycles. The molecule has 0 aliphatic rings. The summed E-state index contributed by atoms with van der Waals surface area (Å²) in [5.41, 5.74) is 4.08. The predicted octanol–water partition coefficient (Wildman–Crippen LogP) is 3.97. The third-order valence-electron chi connectivity index (χ3n) is 4.82. The van der Waals surface area contributed by atoms with Crippen molar-refractivity contribution < 1.29 is 28.6 Å². The highest BCUT2D eigenvalue weighted by Crippen LogP contribution is 2.28. The van der Waals surface area contributed by atoms with Gasteiger partial charge in [0.15, 0.2) is 11.5 Å². The van der Waals surface area contributed by atoms with Crippen LogP contribution in [0.15, 0.2) is 65.8 Å². The van der Waals surface area contributed by atoms with Gasteiger partial charge in [-0.3, -0.25) is 9.59 Å². The largest absolute Gasteiger partial charge is 0.497 e. The molecule has 0 aliphatic heterocycles. The number of methoxy groups -OCH3 is 2. The summed E-state index contributed by atoms with van der Waals surface area (Å²) in [7, 11) is 2.95. The average molecular weight is 496 g/mol. The Kier molecular flexibility index (Phi) is 8.42. The zero-order chi connectivity index (χ0) is 25.4. The van der Waals surface area contributed by atoms with Crippen molar-refractivity contribution >= 4 is 41.3 Å². The van der Waals surface area contributed by atoms with Gasteiger partial charge < -0.3 is 19.5 Å². The summed E-state index contributed by atoms with van der Waals surface area (Å²) in [6.45, 7) is 1.72. The number of esters is 1. The molecule has 0 saturated carbocycles. The van der Waals surface area contributed by atoms with Crippen LogP contribution in [0.25, 0.3) is 0 Å². The summed E-state index contributed by atoms with van der Waals surface area (Å²) >= 11 is 6.02. The van der Waals surface area contributed by atoms with Crippen molar-refractivity contribution in [2.24, 2.45) is 5.10 Å². The molecule has 3 rings (SSSR count). The van der Waals surface area contributed by atoms with Gasteiger partial charge in [-0.05, 0) is 72.6 Å². The van der Waals surface area contributed by atoms with Crippen LogP contribution in [0.1, 0.15) is 21.5 Å². The zero-order valence-electron chi connectivity index (χ0n) is 19.1. The molecular weight excluding hydrogens is 474 g/mol. The Morgan fingerprint density at radius 2 is 1.66 bits per heavy atom. The SMILES string of the molecule is COc1ccc(C(=O)Oc2ccc(/C=N\NC(=O)C(=O)Nc3cccc(Cl)c3C)cc2OC)cc1. The number of halogens is 1. The molecule has 0 aromatic heterocycles. The molecule has 2 amide bonds. The van der Waals surface area contributed by atoms with Crippen LogP contribution in [-0.4, -0.2) is 38.2 Å². The van der Waals surface area contributed by atoms with Gasteiger partial charge in [-0.1, -0.05) is 17.7 Å². The van der Waals surface area contributed by atoms with Crippen molar-refractivity contribution in [2.75, 3.05) is 19.5 Å². The van der Waals surface area contributed by atoms with E-state index >= 15 is 0 Å². The lowest BCUT2D eigenvalue weighted by molar-refractivity contribution is -0.136. The van der Waals surface area contributed by atoms with Gasteiger partial charge in [0, 0.05) is 10.7 Å². The van der Waals surface area contributed by atoms with E-state index < -0.39 is 17.8 Å².